The second kappa shape index (κ2) is 6.63. The Morgan fingerprint density at radius 3 is 2.15 bits per heavy atom. The SMILES string of the molecule is CC(C)CC(C)N1CCNCC1.Cl. The highest BCUT2D eigenvalue weighted by Crippen LogP contribution is 2.11. The molecule has 0 bridgehead atoms. The van der Waals surface area contributed by atoms with Crippen LogP contribution in [0.15, 0.2) is 0 Å². The van der Waals surface area contributed by atoms with Gasteiger partial charge in [0.15, 0.2) is 0 Å². The van der Waals surface area contributed by atoms with Crippen molar-refractivity contribution in [1.82, 2.24) is 10.2 Å². The van der Waals surface area contributed by atoms with Gasteiger partial charge < -0.3 is 5.32 Å². The third kappa shape index (κ3) is 4.84. The van der Waals surface area contributed by atoms with E-state index in [9.17, 15) is 0 Å². The summed E-state index contributed by atoms with van der Waals surface area (Å²) < 4.78 is 0. The van der Waals surface area contributed by atoms with Gasteiger partial charge >= 0.3 is 0 Å². The van der Waals surface area contributed by atoms with Gasteiger partial charge in [0.05, 0.1) is 0 Å². The van der Waals surface area contributed by atoms with Crippen molar-refractivity contribution in [2.75, 3.05) is 26.2 Å². The van der Waals surface area contributed by atoms with Gasteiger partial charge in [-0.25, -0.2) is 0 Å². The van der Waals surface area contributed by atoms with E-state index in [0.29, 0.717) is 0 Å². The van der Waals surface area contributed by atoms with Crippen molar-refractivity contribution >= 4 is 12.4 Å². The van der Waals surface area contributed by atoms with Crippen LogP contribution in [0.4, 0.5) is 0 Å². The summed E-state index contributed by atoms with van der Waals surface area (Å²) in [6.07, 6.45) is 1.33. The van der Waals surface area contributed by atoms with Crippen molar-refractivity contribution in [2.24, 2.45) is 5.92 Å². The first-order valence-electron chi connectivity index (χ1n) is 5.15. The molecule has 0 aliphatic carbocycles. The highest BCUT2D eigenvalue weighted by molar-refractivity contribution is 5.85. The van der Waals surface area contributed by atoms with Crippen LogP contribution in [0.5, 0.6) is 0 Å². The van der Waals surface area contributed by atoms with Gasteiger partial charge in [0.2, 0.25) is 0 Å². The monoisotopic (exact) mass is 206 g/mol. The van der Waals surface area contributed by atoms with E-state index in [2.05, 4.69) is 31.0 Å². The largest absolute Gasteiger partial charge is 0.314 e. The summed E-state index contributed by atoms with van der Waals surface area (Å²) in [6, 6.07) is 0.770. The molecule has 1 rings (SSSR count). The number of hydrogen-bond donors (Lipinski definition) is 1. The average Bonchev–Trinajstić information content (AvgIpc) is 2.05. The van der Waals surface area contributed by atoms with Crippen LogP contribution in [-0.4, -0.2) is 37.1 Å². The first-order chi connectivity index (χ1) is 5.70. The van der Waals surface area contributed by atoms with E-state index in [1.807, 2.05) is 0 Å². The molecule has 1 saturated heterocycles. The number of nitrogens with zero attached hydrogens (tertiary/aromatic N) is 1. The van der Waals surface area contributed by atoms with Crippen LogP contribution in [0.25, 0.3) is 0 Å². The Labute approximate surface area is 88.5 Å². The van der Waals surface area contributed by atoms with Crippen molar-refractivity contribution in [2.45, 2.75) is 33.2 Å². The first-order valence-corrected chi connectivity index (χ1v) is 5.15. The molecule has 3 heteroatoms. The van der Waals surface area contributed by atoms with E-state index in [4.69, 9.17) is 0 Å². The van der Waals surface area contributed by atoms with Gasteiger partial charge in [0.25, 0.3) is 0 Å². The minimum atomic E-state index is 0. The molecule has 0 saturated carbocycles. The Balaban J connectivity index is 0.00000144. The lowest BCUT2D eigenvalue weighted by atomic mass is 10.0. The van der Waals surface area contributed by atoms with Crippen LogP contribution in [0, 0.1) is 5.92 Å². The Morgan fingerprint density at radius 2 is 1.69 bits per heavy atom. The lowest BCUT2D eigenvalue weighted by Crippen LogP contribution is -2.47. The summed E-state index contributed by atoms with van der Waals surface area (Å²) in [5, 5.41) is 3.38. The molecule has 1 aliphatic rings. The molecule has 1 aliphatic heterocycles. The molecule has 0 spiro atoms. The molecule has 0 amide bonds. The third-order valence-corrected chi connectivity index (χ3v) is 2.59. The molecule has 1 heterocycles. The van der Waals surface area contributed by atoms with Gasteiger partial charge in [0, 0.05) is 32.2 Å². The maximum absolute atomic E-state index is 3.38. The second-order valence-electron chi connectivity index (χ2n) is 4.26. The van der Waals surface area contributed by atoms with Gasteiger partial charge in [-0.2, -0.15) is 0 Å². The average molecular weight is 207 g/mol. The second-order valence-corrected chi connectivity index (χ2v) is 4.26. The predicted molar refractivity (Wildman–Crippen MR) is 60.6 cm³/mol. The van der Waals surface area contributed by atoms with E-state index in [0.717, 1.165) is 12.0 Å². The smallest absolute Gasteiger partial charge is 0.0110 e. The van der Waals surface area contributed by atoms with E-state index in [-0.39, 0.29) is 12.4 Å². The summed E-state index contributed by atoms with van der Waals surface area (Å²) in [5.74, 6) is 0.829. The molecule has 1 N–H and O–H groups in total. The van der Waals surface area contributed by atoms with Crippen LogP contribution < -0.4 is 5.32 Å². The molecule has 0 aromatic heterocycles. The molecule has 1 atom stereocenters. The fourth-order valence-corrected chi connectivity index (χ4v) is 1.95. The molecule has 0 aromatic rings. The Morgan fingerprint density at radius 1 is 1.15 bits per heavy atom. The topological polar surface area (TPSA) is 15.3 Å². The van der Waals surface area contributed by atoms with Crippen molar-refractivity contribution in [3.05, 3.63) is 0 Å². The molecule has 1 unspecified atom stereocenters. The molecule has 0 aromatic carbocycles. The summed E-state index contributed by atoms with van der Waals surface area (Å²) in [5.41, 5.74) is 0. The molecule has 13 heavy (non-hydrogen) atoms. The van der Waals surface area contributed by atoms with Crippen molar-refractivity contribution in [3.8, 4) is 0 Å². The third-order valence-electron chi connectivity index (χ3n) is 2.59. The van der Waals surface area contributed by atoms with Crippen LogP contribution in [0.3, 0.4) is 0 Å². The Kier molecular flexibility index (Phi) is 6.74. The lowest BCUT2D eigenvalue weighted by Gasteiger charge is -2.33. The van der Waals surface area contributed by atoms with Gasteiger partial charge in [-0.15, -0.1) is 12.4 Å². The number of hydrogen-bond acceptors (Lipinski definition) is 2. The Bertz CT molecular complexity index is 122. The molecule has 2 nitrogen and oxygen atoms in total. The van der Waals surface area contributed by atoms with Crippen LogP contribution >= 0.6 is 12.4 Å². The summed E-state index contributed by atoms with van der Waals surface area (Å²) in [7, 11) is 0. The van der Waals surface area contributed by atoms with Crippen LogP contribution in [-0.2, 0) is 0 Å². The maximum atomic E-state index is 3.38. The normalized spacial score (nSPS) is 21.2. The highest BCUT2D eigenvalue weighted by Gasteiger charge is 2.16. The van der Waals surface area contributed by atoms with Gasteiger partial charge in [-0.3, -0.25) is 4.90 Å². The van der Waals surface area contributed by atoms with E-state index < -0.39 is 0 Å². The van der Waals surface area contributed by atoms with Crippen LogP contribution in [0.2, 0.25) is 0 Å². The predicted octanol–water partition coefficient (Wildman–Crippen LogP) is 1.75. The summed E-state index contributed by atoms with van der Waals surface area (Å²) in [4.78, 5) is 2.59. The standard InChI is InChI=1S/C10H22N2.ClH/c1-9(2)8-10(3)12-6-4-11-5-7-12;/h9-11H,4-8H2,1-3H3;1H. The fourth-order valence-electron chi connectivity index (χ4n) is 1.95. The van der Waals surface area contributed by atoms with E-state index in [1.165, 1.54) is 32.6 Å². The molecular weight excluding hydrogens is 184 g/mol. The number of halogens is 1. The fraction of sp³-hybridized carbons (Fsp3) is 1.00. The summed E-state index contributed by atoms with van der Waals surface area (Å²) in [6.45, 7) is 11.8. The molecule has 1 fully saturated rings. The lowest BCUT2D eigenvalue weighted by molar-refractivity contribution is 0.165. The van der Waals surface area contributed by atoms with Crippen molar-refractivity contribution in [3.63, 3.8) is 0 Å². The zero-order valence-corrected chi connectivity index (χ0v) is 9.86. The molecular formula is C10H23ClN2. The van der Waals surface area contributed by atoms with Crippen LogP contribution in [0.1, 0.15) is 27.2 Å². The minimum absolute atomic E-state index is 0. The molecule has 80 valence electrons. The summed E-state index contributed by atoms with van der Waals surface area (Å²) >= 11 is 0. The van der Waals surface area contributed by atoms with E-state index in [1.54, 1.807) is 0 Å². The van der Waals surface area contributed by atoms with Crippen molar-refractivity contribution < 1.29 is 0 Å². The van der Waals surface area contributed by atoms with E-state index >= 15 is 0 Å². The Hall–Kier alpha value is 0.210. The molecule has 0 radical (unpaired) electrons. The van der Waals surface area contributed by atoms with Gasteiger partial charge in [-0.1, -0.05) is 13.8 Å². The zero-order valence-electron chi connectivity index (χ0n) is 9.05. The quantitative estimate of drug-likeness (QED) is 0.757. The maximum Gasteiger partial charge on any atom is 0.0110 e. The minimum Gasteiger partial charge on any atom is -0.314 e. The number of rotatable bonds is 3. The first kappa shape index (κ1) is 13.2. The van der Waals surface area contributed by atoms with Gasteiger partial charge in [0.1, 0.15) is 0 Å². The zero-order chi connectivity index (χ0) is 8.97. The van der Waals surface area contributed by atoms with Crippen molar-refractivity contribution in [1.29, 1.82) is 0 Å². The highest BCUT2D eigenvalue weighted by atomic mass is 35.5. The van der Waals surface area contributed by atoms with Gasteiger partial charge in [-0.05, 0) is 19.3 Å². The number of piperazine rings is 1. The number of nitrogens with one attached hydrogen (secondary N) is 1.